The van der Waals surface area contributed by atoms with Gasteiger partial charge in [0.2, 0.25) is 0 Å². The van der Waals surface area contributed by atoms with Crippen LogP contribution in [0.4, 0.5) is 0 Å². The first kappa shape index (κ1) is 31.6. The molecule has 0 spiro atoms. The lowest BCUT2D eigenvalue weighted by molar-refractivity contribution is 0.0643. The number of nitrogens with zero attached hydrogens (tertiary/aromatic N) is 1. The molecule has 0 bridgehead atoms. The van der Waals surface area contributed by atoms with E-state index in [1.54, 1.807) is 42.5 Å². The molecule has 0 aliphatic heterocycles. The predicted molar refractivity (Wildman–Crippen MR) is 174 cm³/mol. The van der Waals surface area contributed by atoms with Crippen molar-refractivity contribution in [3.05, 3.63) is 155 Å². The molecule has 5 rings (SSSR count). The molecular formula is C38H39NO6. The lowest BCUT2D eigenvalue weighted by Gasteiger charge is -2.30. The maximum Gasteiger partial charge on any atom is 0.125 e. The lowest BCUT2D eigenvalue weighted by Crippen LogP contribution is -2.38. The molecular weight excluding hydrogens is 566 g/mol. The highest BCUT2D eigenvalue weighted by Crippen LogP contribution is 2.30. The maximum atomic E-state index is 11.2. The van der Waals surface area contributed by atoms with Gasteiger partial charge in [0, 0.05) is 31.1 Å². The molecule has 7 heteroatoms. The van der Waals surface area contributed by atoms with Crippen LogP contribution in [0, 0.1) is 0 Å². The number of phenolic OH excluding ortho intramolecular Hbond substituents is 2. The van der Waals surface area contributed by atoms with E-state index in [-0.39, 0.29) is 30.6 Å². The summed E-state index contributed by atoms with van der Waals surface area (Å²) in [6.45, 7) is 1.76. The Kier molecular flexibility index (Phi) is 11.1. The third-order valence-corrected chi connectivity index (χ3v) is 7.63. The van der Waals surface area contributed by atoms with Crippen molar-refractivity contribution in [1.82, 2.24) is 4.90 Å². The monoisotopic (exact) mass is 605 g/mol. The quantitative estimate of drug-likeness (QED) is 0.112. The largest absolute Gasteiger partial charge is 0.508 e. The first-order valence-electron chi connectivity index (χ1n) is 15.0. The van der Waals surface area contributed by atoms with Crippen LogP contribution in [0.5, 0.6) is 23.0 Å². The van der Waals surface area contributed by atoms with Crippen LogP contribution in [-0.2, 0) is 19.8 Å². The van der Waals surface area contributed by atoms with Gasteiger partial charge in [-0.3, -0.25) is 4.90 Å². The zero-order valence-electron chi connectivity index (χ0n) is 25.1. The second kappa shape index (κ2) is 15.8. The van der Waals surface area contributed by atoms with E-state index in [1.165, 1.54) is 0 Å². The number of ether oxygens (including phenoxy) is 2. The summed E-state index contributed by atoms with van der Waals surface area (Å²) >= 11 is 0. The standard InChI is InChI=1S/C38H39NO6/c40-25-32-21-36(19-20-38(32)45-26-29-9-5-2-6-10-29)44-27-35(43)23-39(22-28-7-3-1-4-8-28)24-37(30-11-15-33(41)16-12-30)31-13-17-34(42)18-14-31/h1-21,35,37,40-43H,22-27H2/t35-/m0/s1. The number of hydrogen-bond acceptors (Lipinski definition) is 7. The summed E-state index contributed by atoms with van der Waals surface area (Å²) in [6.07, 6.45) is -0.805. The van der Waals surface area contributed by atoms with Gasteiger partial charge < -0.3 is 29.9 Å². The summed E-state index contributed by atoms with van der Waals surface area (Å²) in [7, 11) is 0. The fraction of sp³-hybridized carbons (Fsp3) is 0.211. The minimum atomic E-state index is -0.805. The molecule has 1 atom stereocenters. The molecule has 4 N–H and O–H groups in total. The van der Waals surface area contributed by atoms with Crippen molar-refractivity contribution >= 4 is 0 Å². The Morgan fingerprint density at radius 3 is 1.78 bits per heavy atom. The van der Waals surface area contributed by atoms with Crippen molar-refractivity contribution in [2.75, 3.05) is 19.7 Å². The fourth-order valence-electron chi connectivity index (χ4n) is 5.31. The molecule has 7 nitrogen and oxygen atoms in total. The number of rotatable bonds is 15. The van der Waals surface area contributed by atoms with Crippen LogP contribution < -0.4 is 9.47 Å². The van der Waals surface area contributed by atoms with Crippen LogP contribution in [-0.4, -0.2) is 51.1 Å². The van der Waals surface area contributed by atoms with Crippen molar-refractivity contribution in [2.24, 2.45) is 0 Å². The minimum absolute atomic E-state index is 0.0590. The number of aliphatic hydroxyl groups excluding tert-OH is 2. The molecule has 232 valence electrons. The Hall–Kier alpha value is -4.82. The normalized spacial score (nSPS) is 11.9. The lowest BCUT2D eigenvalue weighted by atomic mass is 9.90. The molecule has 0 aliphatic rings. The highest BCUT2D eigenvalue weighted by atomic mass is 16.5. The van der Waals surface area contributed by atoms with E-state index >= 15 is 0 Å². The Bertz CT molecular complexity index is 1550. The summed E-state index contributed by atoms with van der Waals surface area (Å²) in [6, 6.07) is 39.5. The van der Waals surface area contributed by atoms with Crippen molar-refractivity contribution in [3.63, 3.8) is 0 Å². The molecule has 0 saturated heterocycles. The molecule has 0 unspecified atom stereocenters. The zero-order chi connectivity index (χ0) is 31.4. The second-order valence-electron chi connectivity index (χ2n) is 11.1. The van der Waals surface area contributed by atoms with E-state index in [1.807, 2.05) is 72.8 Å². The SMILES string of the molecule is OCc1cc(OC[C@@H](O)CN(Cc2ccccc2)CC(c2ccc(O)cc2)c2ccc(O)cc2)ccc1OCc1ccccc1. The highest BCUT2D eigenvalue weighted by molar-refractivity contribution is 5.40. The highest BCUT2D eigenvalue weighted by Gasteiger charge is 2.22. The van der Waals surface area contributed by atoms with Crippen LogP contribution in [0.2, 0.25) is 0 Å². The summed E-state index contributed by atoms with van der Waals surface area (Å²) < 4.78 is 11.9. The summed E-state index contributed by atoms with van der Waals surface area (Å²) in [5.74, 6) is 1.41. The van der Waals surface area contributed by atoms with Crippen molar-refractivity contribution in [1.29, 1.82) is 0 Å². The number of phenols is 2. The third-order valence-electron chi connectivity index (χ3n) is 7.63. The summed E-state index contributed by atoms with van der Waals surface area (Å²) in [5.41, 5.74) is 4.76. The van der Waals surface area contributed by atoms with Gasteiger partial charge in [0.1, 0.15) is 42.3 Å². The summed E-state index contributed by atoms with van der Waals surface area (Å²) in [4.78, 5) is 2.19. The van der Waals surface area contributed by atoms with E-state index in [2.05, 4.69) is 17.0 Å². The van der Waals surface area contributed by atoms with Crippen LogP contribution >= 0.6 is 0 Å². The molecule has 0 amide bonds. The molecule has 0 radical (unpaired) electrons. The second-order valence-corrected chi connectivity index (χ2v) is 11.1. The molecule has 45 heavy (non-hydrogen) atoms. The average molecular weight is 606 g/mol. The maximum absolute atomic E-state index is 11.2. The molecule has 0 aliphatic carbocycles. The van der Waals surface area contributed by atoms with Crippen LogP contribution in [0.1, 0.15) is 33.7 Å². The van der Waals surface area contributed by atoms with Gasteiger partial charge in [-0.25, -0.2) is 0 Å². The Morgan fingerprint density at radius 1 is 0.622 bits per heavy atom. The first-order valence-corrected chi connectivity index (χ1v) is 15.0. The van der Waals surface area contributed by atoms with E-state index < -0.39 is 6.10 Å². The van der Waals surface area contributed by atoms with Crippen LogP contribution in [0.15, 0.2) is 127 Å². The third kappa shape index (κ3) is 9.33. The van der Waals surface area contributed by atoms with Crippen molar-refractivity contribution < 1.29 is 29.9 Å². The number of hydrogen-bond donors (Lipinski definition) is 4. The Labute approximate surface area is 264 Å². The molecule has 5 aromatic carbocycles. The minimum Gasteiger partial charge on any atom is -0.508 e. The van der Waals surface area contributed by atoms with Gasteiger partial charge >= 0.3 is 0 Å². The van der Waals surface area contributed by atoms with Gasteiger partial charge in [0.05, 0.1) is 6.61 Å². The van der Waals surface area contributed by atoms with Crippen LogP contribution in [0.25, 0.3) is 0 Å². The number of benzene rings is 5. The van der Waals surface area contributed by atoms with Crippen molar-refractivity contribution in [2.45, 2.75) is 31.8 Å². The van der Waals surface area contributed by atoms with Crippen LogP contribution in [0.3, 0.4) is 0 Å². The Morgan fingerprint density at radius 2 is 1.20 bits per heavy atom. The smallest absolute Gasteiger partial charge is 0.125 e. The summed E-state index contributed by atoms with van der Waals surface area (Å²) in [5, 5.41) is 40.9. The Balaban J connectivity index is 1.28. The first-order chi connectivity index (χ1) is 22.0. The number of aromatic hydroxyl groups is 2. The molecule has 0 aromatic heterocycles. The van der Waals surface area contributed by atoms with E-state index in [0.717, 1.165) is 22.3 Å². The van der Waals surface area contributed by atoms with E-state index in [0.29, 0.717) is 43.3 Å². The van der Waals surface area contributed by atoms with Gasteiger partial charge in [0.15, 0.2) is 0 Å². The molecule has 0 saturated carbocycles. The van der Waals surface area contributed by atoms with Gasteiger partial charge in [-0.05, 0) is 64.7 Å². The van der Waals surface area contributed by atoms with Crippen molar-refractivity contribution in [3.8, 4) is 23.0 Å². The fourth-order valence-corrected chi connectivity index (χ4v) is 5.31. The molecule has 5 aromatic rings. The predicted octanol–water partition coefficient (Wildman–Crippen LogP) is 6.24. The van der Waals surface area contributed by atoms with E-state index in [9.17, 15) is 20.4 Å². The van der Waals surface area contributed by atoms with Gasteiger partial charge in [-0.2, -0.15) is 0 Å². The molecule has 0 fully saturated rings. The zero-order valence-corrected chi connectivity index (χ0v) is 25.1. The topological polar surface area (TPSA) is 103 Å². The number of aliphatic hydroxyl groups is 2. The van der Waals surface area contributed by atoms with E-state index in [4.69, 9.17) is 9.47 Å². The van der Waals surface area contributed by atoms with Gasteiger partial charge in [0.25, 0.3) is 0 Å². The van der Waals surface area contributed by atoms with Gasteiger partial charge in [-0.1, -0.05) is 84.9 Å². The molecule has 0 heterocycles. The average Bonchev–Trinajstić information content (AvgIpc) is 3.07. The van der Waals surface area contributed by atoms with Gasteiger partial charge in [-0.15, -0.1) is 0 Å².